The van der Waals surface area contributed by atoms with E-state index in [9.17, 15) is 19.8 Å². The number of carbonyl (C=O) groups is 2. The van der Waals surface area contributed by atoms with Crippen molar-refractivity contribution in [3.8, 4) is 11.5 Å². The van der Waals surface area contributed by atoms with Crippen LogP contribution >= 0.6 is 0 Å². The van der Waals surface area contributed by atoms with Gasteiger partial charge in [-0.15, -0.1) is 0 Å². The quantitative estimate of drug-likeness (QED) is 0.661. The maximum atomic E-state index is 13.2. The topological polar surface area (TPSA) is 113 Å². The van der Waals surface area contributed by atoms with Gasteiger partial charge in [0.2, 0.25) is 0 Å². The number of nitrogens with zero attached hydrogens (tertiary/aromatic N) is 1. The number of piperidine rings is 1. The molecule has 154 valence electrons. The van der Waals surface area contributed by atoms with Crippen molar-refractivity contribution in [2.75, 3.05) is 19.8 Å². The molecule has 7 heteroatoms. The minimum atomic E-state index is -0.771. The monoisotopic (exact) mass is 398 g/mol. The lowest BCUT2D eigenvalue weighted by molar-refractivity contribution is 0.0525. The SMILES string of the molecule is NC(=O)c1c(O)cccc1OC[C@@H]1CCCCN1C(=O)c1ccccc1CCO. The van der Waals surface area contributed by atoms with Crippen molar-refractivity contribution in [1.29, 1.82) is 0 Å². The number of phenols is 1. The van der Waals surface area contributed by atoms with Gasteiger partial charge in [-0.1, -0.05) is 24.3 Å². The van der Waals surface area contributed by atoms with Crippen LogP contribution in [0.1, 0.15) is 45.5 Å². The molecule has 3 rings (SSSR count). The molecule has 1 heterocycles. The molecule has 0 aromatic heterocycles. The molecule has 0 radical (unpaired) electrons. The molecule has 29 heavy (non-hydrogen) atoms. The highest BCUT2D eigenvalue weighted by Gasteiger charge is 2.29. The predicted molar refractivity (Wildman–Crippen MR) is 108 cm³/mol. The highest BCUT2D eigenvalue weighted by atomic mass is 16.5. The summed E-state index contributed by atoms with van der Waals surface area (Å²) in [7, 11) is 0. The van der Waals surface area contributed by atoms with Crippen LogP contribution in [0, 0.1) is 0 Å². The Morgan fingerprint density at radius 2 is 1.93 bits per heavy atom. The van der Waals surface area contributed by atoms with Crippen molar-refractivity contribution in [2.24, 2.45) is 5.73 Å². The summed E-state index contributed by atoms with van der Waals surface area (Å²) < 4.78 is 5.82. The van der Waals surface area contributed by atoms with Gasteiger partial charge in [-0.05, 0) is 49.4 Å². The summed E-state index contributed by atoms with van der Waals surface area (Å²) in [6.45, 7) is 0.783. The van der Waals surface area contributed by atoms with E-state index < -0.39 is 5.91 Å². The Morgan fingerprint density at radius 3 is 2.69 bits per heavy atom. The fourth-order valence-electron chi connectivity index (χ4n) is 3.74. The zero-order chi connectivity index (χ0) is 20.8. The molecule has 0 bridgehead atoms. The van der Waals surface area contributed by atoms with Gasteiger partial charge in [-0.2, -0.15) is 0 Å². The molecule has 1 atom stereocenters. The standard InChI is InChI=1S/C22H26N2O5/c23-21(27)20-18(26)9-5-10-19(20)29-14-16-7-3-4-12-24(16)22(28)17-8-2-1-6-15(17)11-13-25/h1-2,5-6,8-10,16,25-26H,3-4,7,11-14H2,(H2,23,27)/t16-/m0/s1. The maximum absolute atomic E-state index is 13.2. The van der Waals surface area contributed by atoms with Gasteiger partial charge in [-0.25, -0.2) is 0 Å². The van der Waals surface area contributed by atoms with E-state index >= 15 is 0 Å². The van der Waals surface area contributed by atoms with Gasteiger partial charge in [0.05, 0.1) is 6.04 Å². The molecule has 7 nitrogen and oxygen atoms in total. The first-order valence-corrected chi connectivity index (χ1v) is 9.77. The van der Waals surface area contributed by atoms with E-state index in [1.54, 1.807) is 23.1 Å². The second-order valence-electron chi connectivity index (χ2n) is 7.10. The van der Waals surface area contributed by atoms with Crippen LogP contribution in [0.2, 0.25) is 0 Å². The number of hydrogen-bond acceptors (Lipinski definition) is 5. The Bertz CT molecular complexity index is 883. The average molecular weight is 398 g/mol. The van der Waals surface area contributed by atoms with Crippen LogP contribution in [0.15, 0.2) is 42.5 Å². The van der Waals surface area contributed by atoms with Crippen molar-refractivity contribution in [2.45, 2.75) is 31.7 Å². The summed E-state index contributed by atoms with van der Waals surface area (Å²) in [5.74, 6) is -0.887. The fraction of sp³-hybridized carbons (Fsp3) is 0.364. The first-order valence-electron chi connectivity index (χ1n) is 9.77. The number of aliphatic hydroxyl groups excluding tert-OH is 1. The molecule has 0 spiro atoms. The molecular formula is C22H26N2O5. The number of ether oxygens (including phenoxy) is 1. The smallest absolute Gasteiger partial charge is 0.256 e. The molecule has 0 unspecified atom stereocenters. The highest BCUT2D eigenvalue weighted by Crippen LogP contribution is 2.28. The molecule has 2 aromatic carbocycles. The largest absolute Gasteiger partial charge is 0.507 e. The second kappa shape index (κ2) is 9.43. The number of primary amides is 1. The van der Waals surface area contributed by atoms with E-state index in [4.69, 9.17) is 10.5 Å². The lowest BCUT2D eigenvalue weighted by Crippen LogP contribution is -2.47. The average Bonchev–Trinajstić information content (AvgIpc) is 2.72. The van der Waals surface area contributed by atoms with E-state index in [1.165, 1.54) is 6.07 Å². The lowest BCUT2D eigenvalue weighted by Gasteiger charge is -2.36. The molecule has 1 saturated heterocycles. The Morgan fingerprint density at radius 1 is 1.14 bits per heavy atom. The van der Waals surface area contributed by atoms with Crippen LogP contribution in [-0.2, 0) is 6.42 Å². The van der Waals surface area contributed by atoms with Crippen LogP contribution < -0.4 is 10.5 Å². The molecule has 0 saturated carbocycles. The van der Waals surface area contributed by atoms with Gasteiger partial charge in [0, 0.05) is 18.7 Å². The van der Waals surface area contributed by atoms with Crippen molar-refractivity contribution in [1.82, 2.24) is 4.90 Å². The van der Waals surface area contributed by atoms with Gasteiger partial charge in [0.1, 0.15) is 23.7 Å². The van der Waals surface area contributed by atoms with Crippen molar-refractivity contribution >= 4 is 11.8 Å². The fourth-order valence-corrected chi connectivity index (χ4v) is 3.74. The van der Waals surface area contributed by atoms with E-state index in [0.29, 0.717) is 18.5 Å². The summed E-state index contributed by atoms with van der Waals surface area (Å²) >= 11 is 0. The Balaban J connectivity index is 1.78. The number of carbonyl (C=O) groups excluding carboxylic acids is 2. The minimum absolute atomic E-state index is 0.0236. The third-order valence-corrected chi connectivity index (χ3v) is 5.20. The summed E-state index contributed by atoms with van der Waals surface area (Å²) in [6, 6.07) is 11.7. The highest BCUT2D eigenvalue weighted by molar-refractivity contribution is 5.98. The second-order valence-corrected chi connectivity index (χ2v) is 7.10. The summed E-state index contributed by atoms with van der Waals surface area (Å²) in [5, 5.41) is 19.2. The van der Waals surface area contributed by atoms with Crippen molar-refractivity contribution < 1.29 is 24.5 Å². The normalized spacial score (nSPS) is 16.4. The number of nitrogens with two attached hydrogens (primary N) is 1. The number of rotatable bonds is 7. The molecule has 1 fully saturated rings. The van der Waals surface area contributed by atoms with Gasteiger partial charge >= 0.3 is 0 Å². The van der Waals surface area contributed by atoms with Crippen LogP contribution in [0.3, 0.4) is 0 Å². The Labute approximate surface area is 169 Å². The number of likely N-dealkylation sites (tertiary alicyclic amines) is 1. The Kier molecular flexibility index (Phi) is 6.72. The summed E-state index contributed by atoms with van der Waals surface area (Å²) in [5.41, 5.74) is 6.70. The molecule has 1 aliphatic heterocycles. The predicted octanol–water partition coefficient (Wildman–Crippen LogP) is 2.10. The van der Waals surface area contributed by atoms with E-state index in [1.807, 2.05) is 18.2 Å². The lowest BCUT2D eigenvalue weighted by atomic mass is 9.98. The molecule has 4 N–H and O–H groups in total. The number of benzene rings is 2. The Hall–Kier alpha value is -3.06. The summed E-state index contributed by atoms with van der Waals surface area (Å²) in [4.78, 5) is 26.7. The first kappa shape index (κ1) is 20.7. The van der Waals surface area contributed by atoms with E-state index in [-0.39, 0.29) is 42.2 Å². The van der Waals surface area contributed by atoms with Crippen LogP contribution in [0.4, 0.5) is 0 Å². The first-order chi connectivity index (χ1) is 14.0. The van der Waals surface area contributed by atoms with E-state index in [0.717, 1.165) is 24.8 Å². The third kappa shape index (κ3) is 4.68. The van der Waals surface area contributed by atoms with Crippen molar-refractivity contribution in [3.63, 3.8) is 0 Å². The van der Waals surface area contributed by atoms with Gasteiger partial charge in [0.25, 0.3) is 11.8 Å². The van der Waals surface area contributed by atoms with Crippen LogP contribution in [-0.4, -0.2) is 52.7 Å². The molecular weight excluding hydrogens is 372 g/mol. The van der Waals surface area contributed by atoms with Gasteiger partial charge < -0.3 is 25.6 Å². The maximum Gasteiger partial charge on any atom is 0.256 e. The van der Waals surface area contributed by atoms with Crippen molar-refractivity contribution in [3.05, 3.63) is 59.2 Å². The van der Waals surface area contributed by atoms with Gasteiger partial charge in [-0.3, -0.25) is 9.59 Å². The molecule has 2 amide bonds. The van der Waals surface area contributed by atoms with Crippen LogP contribution in [0.25, 0.3) is 0 Å². The third-order valence-electron chi connectivity index (χ3n) is 5.20. The number of aromatic hydroxyl groups is 1. The van der Waals surface area contributed by atoms with Gasteiger partial charge in [0.15, 0.2) is 0 Å². The minimum Gasteiger partial charge on any atom is -0.507 e. The molecule has 0 aliphatic carbocycles. The number of hydrogen-bond donors (Lipinski definition) is 3. The number of amides is 2. The zero-order valence-electron chi connectivity index (χ0n) is 16.2. The molecule has 2 aromatic rings. The number of aliphatic hydroxyl groups is 1. The zero-order valence-corrected chi connectivity index (χ0v) is 16.2. The van der Waals surface area contributed by atoms with Crippen LogP contribution in [0.5, 0.6) is 11.5 Å². The van der Waals surface area contributed by atoms with E-state index in [2.05, 4.69) is 0 Å². The molecule has 1 aliphatic rings. The summed E-state index contributed by atoms with van der Waals surface area (Å²) in [6.07, 6.45) is 3.07.